The summed E-state index contributed by atoms with van der Waals surface area (Å²) in [6.07, 6.45) is 1.20. The van der Waals surface area contributed by atoms with Gasteiger partial charge in [-0.25, -0.2) is 0 Å². The number of carbonyl (C=O) groups excluding carboxylic acids is 1. The zero-order valence-corrected chi connectivity index (χ0v) is 9.75. The third-order valence-electron chi connectivity index (χ3n) is 1.51. The third kappa shape index (κ3) is 9.05. The van der Waals surface area contributed by atoms with Gasteiger partial charge in [0.15, 0.2) is 5.96 Å². The predicted octanol–water partition coefficient (Wildman–Crippen LogP) is 0.642. The lowest BCUT2D eigenvalue weighted by molar-refractivity contribution is -0.147. The average Bonchev–Trinajstić information content (AvgIpc) is 2.13. The molecule has 0 aliphatic rings. The van der Waals surface area contributed by atoms with Crippen molar-refractivity contribution in [3.63, 3.8) is 0 Å². The van der Waals surface area contributed by atoms with Crippen LogP contribution in [0.5, 0.6) is 0 Å². The number of carbonyl (C=O) groups is 1. The molecule has 0 aromatic rings. The highest BCUT2D eigenvalue weighted by Crippen LogP contribution is 1.91. The summed E-state index contributed by atoms with van der Waals surface area (Å²) in [5.41, 5.74) is 5.53. The Balaban J connectivity index is 3.56. The van der Waals surface area contributed by atoms with E-state index in [9.17, 15) is 4.79 Å². The van der Waals surface area contributed by atoms with Gasteiger partial charge in [0.2, 0.25) is 0 Å². The molecule has 0 spiro atoms. The zero-order chi connectivity index (χ0) is 11.7. The molecule has 0 aliphatic carbocycles. The number of hydrogen-bond acceptors (Lipinski definition) is 3. The molecule has 0 fully saturated rings. The first-order chi connectivity index (χ1) is 7.06. The standard InChI is InChI=1S/C10H21N3O2/c1-4-6-12-10(11)13-7-5-9(14)15-8(2)3/h8H,4-7H2,1-3H3,(H3,11,12,13). The Labute approximate surface area is 91.1 Å². The van der Waals surface area contributed by atoms with Gasteiger partial charge in [-0.15, -0.1) is 0 Å². The fraction of sp³-hybridized carbons (Fsp3) is 0.800. The summed E-state index contributed by atoms with van der Waals surface area (Å²) in [7, 11) is 0. The molecule has 0 aromatic carbocycles. The summed E-state index contributed by atoms with van der Waals surface area (Å²) in [4.78, 5) is 15.1. The molecule has 3 N–H and O–H groups in total. The molecule has 0 aromatic heterocycles. The molecule has 0 atom stereocenters. The zero-order valence-electron chi connectivity index (χ0n) is 9.75. The fourth-order valence-corrected chi connectivity index (χ4v) is 0.903. The molecule has 0 radical (unpaired) electrons. The van der Waals surface area contributed by atoms with Crippen LogP contribution in [0.15, 0.2) is 4.99 Å². The van der Waals surface area contributed by atoms with E-state index < -0.39 is 0 Å². The lowest BCUT2D eigenvalue weighted by Gasteiger charge is -2.08. The van der Waals surface area contributed by atoms with Gasteiger partial charge in [-0.1, -0.05) is 6.92 Å². The minimum absolute atomic E-state index is 0.0661. The average molecular weight is 215 g/mol. The Bertz CT molecular complexity index is 215. The van der Waals surface area contributed by atoms with Crippen LogP contribution in [-0.2, 0) is 9.53 Å². The Morgan fingerprint density at radius 2 is 2.20 bits per heavy atom. The quantitative estimate of drug-likeness (QED) is 0.387. The van der Waals surface area contributed by atoms with Crippen molar-refractivity contribution in [2.24, 2.45) is 10.7 Å². The number of nitrogens with zero attached hydrogens (tertiary/aromatic N) is 1. The molecule has 0 unspecified atom stereocenters. The van der Waals surface area contributed by atoms with Gasteiger partial charge in [0.25, 0.3) is 0 Å². The molecule has 0 amide bonds. The molecule has 0 saturated heterocycles. The van der Waals surface area contributed by atoms with Crippen LogP contribution >= 0.6 is 0 Å². The topological polar surface area (TPSA) is 76.7 Å². The van der Waals surface area contributed by atoms with E-state index in [-0.39, 0.29) is 12.1 Å². The van der Waals surface area contributed by atoms with Gasteiger partial charge in [-0.2, -0.15) is 0 Å². The van der Waals surface area contributed by atoms with Crippen molar-refractivity contribution in [2.45, 2.75) is 39.7 Å². The number of aliphatic imine (C=N–C) groups is 1. The van der Waals surface area contributed by atoms with E-state index in [2.05, 4.69) is 10.3 Å². The van der Waals surface area contributed by atoms with Crippen molar-refractivity contribution in [3.05, 3.63) is 0 Å². The molecule has 0 rings (SSSR count). The van der Waals surface area contributed by atoms with Crippen molar-refractivity contribution >= 4 is 11.9 Å². The molecular weight excluding hydrogens is 194 g/mol. The van der Waals surface area contributed by atoms with E-state index >= 15 is 0 Å². The molecule has 5 heteroatoms. The van der Waals surface area contributed by atoms with Gasteiger partial charge in [0.05, 0.1) is 12.5 Å². The van der Waals surface area contributed by atoms with Crippen molar-refractivity contribution in [1.29, 1.82) is 0 Å². The number of nitrogens with one attached hydrogen (secondary N) is 1. The summed E-state index contributed by atoms with van der Waals surface area (Å²) in [5, 5.41) is 2.85. The highest BCUT2D eigenvalue weighted by Gasteiger charge is 2.04. The van der Waals surface area contributed by atoms with Crippen LogP contribution in [-0.4, -0.2) is 31.1 Å². The molecule has 0 bridgehead atoms. The molecule has 88 valence electrons. The minimum atomic E-state index is -0.221. The number of hydrogen-bond donors (Lipinski definition) is 2. The number of esters is 1. The first-order valence-electron chi connectivity index (χ1n) is 5.29. The maximum Gasteiger partial charge on any atom is 0.307 e. The van der Waals surface area contributed by atoms with Gasteiger partial charge in [-0.05, 0) is 20.3 Å². The van der Waals surface area contributed by atoms with Crippen LogP contribution < -0.4 is 11.1 Å². The number of guanidine groups is 1. The summed E-state index contributed by atoms with van der Waals surface area (Å²) in [6.45, 7) is 6.83. The molecule has 5 nitrogen and oxygen atoms in total. The largest absolute Gasteiger partial charge is 0.463 e. The molecular formula is C10H21N3O2. The molecule has 15 heavy (non-hydrogen) atoms. The second kappa shape index (κ2) is 8.08. The van der Waals surface area contributed by atoms with Crippen LogP contribution in [0.3, 0.4) is 0 Å². The van der Waals surface area contributed by atoms with E-state index in [0.717, 1.165) is 6.42 Å². The van der Waals surface area contributed by atoms with Gasteiger partial charge in [0, 0.05) is 13.1 Å². The minimum Gasteiger partial charge on any atom is -0.463 e. The van der Waals surface area contributed by atoms with Gasteiger partial charge in [-0.3, -0.25) is 9.79 Å². The predicted molar refractivity (Wildman–Crippen MR) is 60.6 cm³/mol. The van der Waals surface area contributed by atoms with E-state index in [4.69, 9.17) is 10.5 Å². The van der Waals surface area contributed by atoms with Crippen LogP contribution in [0.4, 0.5) is 0 Å². The van der Waals surface area contributed by atoms with E-state index in [1.165, 1.54) is 0 Å². The molecule has 0 saturated carbocycles. The smallest absolute Gasteiger partial charge is 0.307 e. The van der Waals surface area contributed by atoms with Crippen molar-refractivity contribution in [2.75, 3.05) is 13.1 Å². The van der Waals surface area contributed by atoms with Crippen LogP contribution in [0, 0.1) is 0 Å². The highest BCUT2D eigenvalue weighted by atomic mass is 16.5. The van der Waals surface area contributed by atoms with Crippen LogP contribution in [0.1, 0.15) is 33.6 Å². The number of ether oxygens (including phenoxy) is 1. The summed E-state index contributed by atoms with van der Waals surface area (Å²) < 4.78 is 4.95. The number of rotatable bonds is 6. The third-order valence-corrected chi connectivity index (χ3v) is 1.51. The first kappa shape index (κ1) is 13.7. The Kier molecular flexibility index (Phi) is 7.40. The van der Waals surface area contributed by atoms with Gasteiger partial charge in [0.1, 0.15) is 0 Å². The van der Waals surface area contributed by atoms with Crippen LogP contribution in [0.2, 0.25) is 0 Å². The maximum absolute atomic E-state index is 11.1. The number of nitrogens with two attached hydrogens (primary N) is 1. The summed E-state index contributed by atoms with van der Waals surface area (Å²) >= 11 is 0. The van der Waals surface area contributed by atoms with E-state index in [1.54, 1.807) is 0 Å². The lowest BCUT2D eigenvalue weighted by Crippen LogP contribution is -2.33. The second-order valence-electron chi connectivity index (χ2n) is 3.48. The monoisotopic (exact) mass is 215 g/mol. The first-order valence-corrected chi connectivity index (χ1v) is 5.29. The Morgan fingerprint density at radius 1 is 1.53 bits per heavy atom. The second-order valence-corrected chi connectivity index (χ2v) is 3.48. The molecule has 0 heterocycles. The maximum atomic E-state index is 11.1. The molecule has 0 aliphatic heterocycles. The Morgan fingerprint density at radius 3 is 2.73 bits per heavy atom. The summed E-state index contributed by atoms with van der Waals surface area (Å²) in [6, 6.07) is 0. The normalized spacial score (nSPS) is 11.6. The summed E-state index contributed by atoms with van der Waals surface area (Å²) in [5.74, 6) is 0.162. The van der Waals surface area contributed by atoms with Crippen LogP contribution in [0.25, 0.3) is 0 Å². The fourth-order valence-electron chi connectivity index (χ4n) is 0.903. The van der Waals surface area contributed by atoms with Gasteiger partial charge < -0.3 is 15.8 Å². The Hall–Kier alpha value is -1.26. The van der Waals surface area contributed by atoms with Gasteiger partial charge >= 0.3 is 5.97 Å². The van der Waals surface area contributed by atoms with E-state index in [1.807, 2.05) is 20.8 Å². The van der Waals surface area contributed by atoms with E-state index in [0.29, 0.717) is 25.5 Å². The SMILES string of the molecule is CCCN=C(N)NCCC(=O)OC(C)C. The van der Waals surface area contributed by atoms with Crippen molar-refractivity contribution in [3.8, 4) is 0 Å². The van der Waals surface area contributed by atoms with Crippen molar-refractivity contribution in [1.82, 2.24) is 5.32 Å². The van der Waals surface area contributed by atoms with Crippen molar-refractivity contribution < 1.29 is 9.53 Å². The highest BCUT2D eigenvalue weighted by molar-refractivity contribution is 5.78. The lowest BCUT2D eigenvalue weighted by atomic mass is 10.4.